The molecule has 1 aromatic rings. The van der Waals surface area contributed by atoms with Gasteiger partial charge in [-0.1, -0.05) is 23.7 Å². The summed E-state index contributed by atoms with van der Waals surface area (Å²) in [6, 6.07) is 5.54. The molecule has 1 unspecified atom stereocenters. The Bertz CT molecular complexity index is 344. The van der Waals surface area contributed by atoms with Crippen LogP contribution in [0.3, 0.4) is 0 Å². The van der Waals surface area contributed by atoms with E-state index in [0.717, 1.165) is 11.1 Å². The monoisotopic (exact) mass is 229 g/mol. The quantitative estimate of drug-likeness (QED) is 0.846. The molecule has 0 bridgehead atoms. The van der Waals surface area contributed by atoms with Gasteiger partial charge < -0.3 is 5.73 Å². The summed E-state index contributed by atoms with van der Waals surface area (Å²) in [4.78, 5) is 0. The van der Waals surface area contributed by atoms with Crippen molar-refractivity contribution in [1.29, 1.82) is 0 Å². The van der Waals surface area contributed by atoms with Gasteiger partial charge in [0.15, 0.2) is 0 Å². The number of hydrogen-bond acceptors (Lipinski definition) is 1. The van der Waals surface area contributed by atoms with E-state index in [1.807, 2.05) is 19.1 Å². The number of benzene rings is 1. The van der Waals surface area contributed by atoms with Gasteiger partial charge in [-0.2, -0.15) is 0 Å². The maximum atomic E-state index is 13.7. The fraction of sp³-hybridized carbons (Fsp3) is 0.500. The highest BCUT2D eigenvalue weighted by atomic mass is 35.5. The molecule has 0 fully saturated rings. The maximum Gasteiger partial charge on any atom is 0.121 e. The van der Waals surface area contributed by atoms with Crippen LogP contribution < -0.4 is 5.73 Å². The average molecular weight is 230 g/mol. The Labute approximate surface area is 95.4 Å². The van der Waals surface area contributed by atoms with Crippen LogP contribution in [-0.4, -0.2) is 11.7 Å². The Morgan fingerprint density at radius 1 is 1.47 bits per heavy atom. The molecule has 1 nitrogen and oxygen atoms in total. The molecule has 0 radical (unpaired) electrons. The number of halogens is 2. The van der Waals surface area contributed by atoms with Gasteiger partial charge in [0.05, 0.1) is 0 Å². The molecule has 0 aliphatic carbocycles. The Hall–Kier alpha value is -0.600. The fourth-order valence-electron chi connectivity index (χ4n) is 1.30. The Morgan fingerprint density at radius 2 is 2.07 bits per heavy atom. The van der Waals surface area contributed by atoms with Crippen molar-refractivity contribution in [2.75, 3.05) is 0 Å². The molecule has 84 valence electrons. The van der Waals surface area contributed by atoms with Crippen molar-refractivity contribution in [3.63, 3.8) is 0 Å². The third-order valence-electron chi connectivity index (χ3n) is 2.44. The molecule has 0 spiro atoms. The van der Waals surface area contributed by atoms with Crippen molar-refractivity contribution in [2.24, 2.45) is 5.73 Å². The number of nitrogens with two attached hydrogens (primary N) is 1. The van der Waals surface area contributed by atoms with Crippen LogP contribution in [0.4, 0.5) is 4.39 Å². The van der Waals surface area contributed by atoms with Crippen LogP contribution >= 0.6 is 11.6 Å². The second-order valence-corrected chi connectivity index (χ2v) is 4.98. The molecule has 0 aromatic heterocycles. The molecule has 0 saturated carbocycles. The molecular weight excluding hydrogens is 213 g/mol. The highest BCUT2D eigenvalue weighted by Gasteiger charge is 2.24. The first-order valence-corrected chi connectivity index (χ1v) is 5.36. The maximum absolute atomic E-state index is 13.7. The molecule has 1 rings (SSSR count). The summed E-state index contributed by atoms with van der Waals surface area (Å²) in [5.41, 5.74) is 6.80. The Balaban J connectivity index is 2.78. The van der Waals surface area contributed by atoms with Crippen LogP contribution in [0.1, 0.15) is 25.0 Å². The smallest absolute Gasteiger partial charge is 0.121 e. The minimum Gasteiger partial charge on any atom is -0.323 e. The van der Waals surface area contributed by atoms with E-state index in [4.69, 9.17) is 17.3 Å². The summed E-state index contributed by atoms with van der Waals surface area (Å²) >= 11 is 5.89. The third-order valence-corrected chi connectivity index (χ3v) is 2.87. The zero-order chi connectivity index (χ0) is 11.6. The number of alkyl halides is 1. The lowest BCUT2D eigenvalue weighted by atomic mass is 9.94. The minimum absolute atomic E-state index is 0.335. The molecule has 1 atom stereocenters. The van der Waals surface area contributed by atoms with Gasteiger partial charge >= 0.3 is 0 Å². The lowest BCUT2D eigenvalue weighted by Gasteiger charge is -2.23. The van der Waals surface area contributed by atoms with Crippen LogP contribution in [0, 0.1) is 6.92 Å². The van der Waals surface area contributed by atoms with Gasteiger partial charge in [-0.3, -0.25) is 0 Å². The van der Waals surface area contributed by atoms with Crippen LogP contribution in [-0.2, 0) is 6.42 Å². The molecule has 0 saturated heterocycles. The summed E-state index contributed by atoms with van der Waals surface area (Å²) in [5.74, 6) is 0. The van der Waals surface area contributed by atoms with Crippen LogP contribution in [0.25, 0.3) is 0 Å². The second-order valence-electron chi connectivity index (χ2n) is 4.58. The standard InChI is InChI=1S/C12H17ClFN/c1-8-6-9(4-5-10(8)13)7-11(14)12(2,3)15/h4-6,11H,7,15H2,1-3H3. The largest absolute Gasteiger partial charge is 0.323 e. The highest BCUT2D eigenvalue weighted by Crippen LogP contribution is 2.20. The first-order valence-electron chi connectivity index (χ1n) is 4.98. The first-order chi connectivity index (χ1) is 6.80. The molecule has 0 aliphatic heterocycles. The predicted molar refractivity (Wildman–Crippen MR) is 63.1 cm³/mol. The van der Waals surface area contributed by atoms with Crippen LogP contribution in [0.2, 0.25) is 5.02 Å². The van der Waals surface area contributed by atoms with Gasteiger partial charge in [-0.05, 0) is 38.0 Å². The SMILES string of the molecule is Cc1cc(CC(F)C(C)(C)N)ccc1Cl. The molecule has 2 N–H and O–H groups in total. The average Bonchev–Trinajstić information content (AvgIpc) is 2.10. The van der Waals surface area contributed by atoms with Gasteiger partial charge in [0.25, 0.3) is 0 Å². The van der Waals surface area contributed by atoms with E-state index < -0.39 is 11.7 Å². The molecule has 15 heavy (non-hydrogen) atoms. The van der Waals surface area contributed by atoms with E-state index in [1.165, 1.54) is 0 Å². The number of aryl methyl sites for hydroxylation is 1. The zero-order valence-electron chi connectivity index (χ0n) is 9.35. The van der Waals surface area contributed by atoms with E-state index in [2.05, 4.69) is 0 Å². The highest BCUT2D eigenvalue weighted by molar-refractivity contribution is 6.31. The summed E-state index contributed by atoms with van der Waals surface area (Å²) in [6.45, 7) is 5.30. The van der Waals surface area contributed by atoms with Crippen molar-refractivity contribution in [3.05, 3.63) is 34.3 Å². The summed E-state index contributed by atoms with van der Waals surface area (Å²) < 4.78 is 13.7. The van der Waals surface area contributed by atoms with E-state index in [9.17, 15) is 4.39 Å². The molecule has 0 amide bonds. The van der Waals surface area contributed by atoms with Crippen LogP contribution in [0.5, 0.6) is 0 Å². The molecule has 0 aliphatic rings. The van der Waals surface area contributed by atoms with Crippen molar-refractivity contribution in [3.8, 4) is 0 Å². The predicted octanol–water partition coefficient (Wildman–Crippen LogP) is 3.27. The summed E-state index contributed by atoms with van der Waals surface area (Å²) in [6.07, 6.45) is -0.709. The van der Waals surface area contributed by atoms with E-state index in [0.29, 0.717) is 11.4 Å². The lowest BCUT2D eigenvalue weighted by Crippen LogP contribution is -2.43. The van der Waals surface area contributed by atoms with Crippen LogP contribution in [0.15, 0.2) is 18.2 Å². The summed E-state index contributed by atoms with van der Waals surface area (Å²) in [5, 5.41) is 0.709. The van der Waals surface area contributed by atoms with E-state index in [1.54, 1.807) is 19.9 Å². The Morgan fingerprint density at radius 3 is 2.53 bits per heavy atom. The van der Waals surface area contributed by atoms with Gasteiger partial charge in [0.1, 0.15) is 6.17 Å². The third kappa shape index (κ3) is 3.47. The lowest BCUT2D eigenvalue weighted by molar-refractivity contribution is 0.218. The summed E-state index contributed by atoms with van der Waals surface area (Å²) in [7, 11) is 0. The van der Waals surface area contributed by atoms with E-state index in [-0.39, 0.29) is 0 Å². The van der Waals surface area contributed by atoms with Gasteiger partial charge in [-0.15, -0.1) is 0 Å². The Kier molecular flexibility index (Phi) is 3.74. The van der Waals surface area contributed by atoms with Gasteiger partial charge in [0.2, 0.25) is 0 Å². The normalized spacial score (nSPS) is 14.0. The van der Waals surface area contributed by atoms with Crippen molar-refractivity contribution >= 4 is 11.6 Å². The first kappa shape index (κ1) is 12.5. The topological polar surface area (TPSA) is 26.0 Å². The van der Waals surface area contributed by atoms with Crippen molar-refractivity contribution < 1.29 is 4.39 Å². The molecule has 3 heteroatoms. The zero-order valence-corrected chi connectivity index (χ0v) is 10.1. The molecular formula is C12H17ClFN. The van der Waals surface area contributed by atoms with Gasteiger partial charge in [-0.25, -0.2) is 4.39 Å². The van der Waals surface area contributed by atoms with Crippen molar-refractivity contribution in [1.82, 2.24) is 0 Å². The molecule has 0 heterocycles. The minimum atomic E-state index is -1.04. The number of rotatable bonds is 3. The number of hydrogen-bond donors (Lipinski definition) is 1. The van der Waals surface area contributed by atoms with Gasteiger partial charge in [0, 0.05) is 17.0 Å². The van der Waals surface area contributed by atoms with E-state index >= 15 is 0 Å². The fourth-order valence-corrected chi connectivity index (χ4v) is 1.42. The van der Waals surface area contributed by atoms with Crippen molar-refractivity contribution in [2.45, 2.75) is 38.9 Å². The molecule has 1 aromatic carbocycles. The second kappa shape index (κ2) is 4.50.